The molecule has 1 aliphatic rings. The number of benzene rings is 1. The van der Waals surface area contributed by atoms with Crippen LogP contribution in [-0.2, 0) is 0 Å². The first kappa shape index (κ1) is 14.0. The summed E-state index contributed by atoms with van der Waals surface area (Å²) in [6, 6.07) is 5.98. The number of ether oxygens (including phenoxy) is 2. The van der Waals surface area contributed by atoms with Crippen molar-refractivity contribution in [3.8, 4) is 11.5 Å². The van der Waals surface area contributed by atoms with Gasteiger partial charge in [-0.25, -0.2) is 4.98 Å². The third kappa shape index (κ3) is 2.89. The highest BCUT2D eigenvalue weighted by Crippen LogP contribution is 2.37. The van der Waals surface area contributed by atoms with Crippen LogP contribution in [0.5, 0.6) is 11.5 Å². The Kier molecular flexibility index (Phi) is 3.86. The molecular weight excluding hydrogens is 264 g/mol. The smallest absolute Gasteiger partial charge is 0.161 e. The Morgan fingerprint density at radius 1 is 1.24 bits per heavy atom. The monoisotopic (exact) mass is 286 g/mol. The van der Waals surface area contributed by atoms with Gasteiger partial charge in [-0.15, -0.1) is 0 Å². The fourth-order valence-corrected chi connectivity index (χ4v) is 2.73. The van der Waals surface area contributed by atoms with Gasteiger partial charge in [0.2, 0.25) is 0 Å². The van der Waals surface area contributed by atoms with E-state index in [0.717, 1.165) is 40.6 Å². The van der Waals surface area contributed by atoms with Crippen LogP contribution >= 0.6 is 0 Å². The predicted molar refractivity (Wildman–Crippen MR) is 85.2 cm³/mol. The second-order valence-electron chi connectivity index (χ2n) is 5.78. The maximum atomic E-state index is 5.39. The van der Waals surface area contributed by atoms with Crippen molar-refractivity contribution in [2.24, 2.45) is 11.8 Å². The summed E-state index contributed by atoms with van der Waals surface area (Å²) in [6.07, 6.45) is 4.58. The van der Waals surface area contributed by atoms with Crippen molar-refractivity contribution in [2.45, 2.75) is 19.8 Å². The van der Waals surface area contributed by atoms with E-state index in [1.165, 1.54) is 12.8 Å². The number of anilines is 1. The van der Waals surface area contributed by atoms with Crippen molar-refractivity contribution < 1.29 is 9.47 Å². The largest absolute Gasteiger partial charge is 0.493 e. The molecular formula is C17H22N2O2. The summed E-state index contributed by atoms with van der Waals surface area (Å²) in [6.45, 7) is 3.27. The molecule has 4 nitrogen and oxygen atoms in total. The van der Waals surface area contributed by atoms with E-state index >= 15 is 0 Å². The fraction of sp³-hybridized carbons (Fsp3) is 0.471. The Bertz CT molecular complexity index is 638. The molecule has 1 atom stereocenters. The zero-order valence-corrected chi connectivity index (χ0v) is 12.8. The van der Waals surface area contributed by atoms with E-state index in [1.807, 2.05) is 24.4 Å². The fourth-order valence-electron chi connectivity index (χ4n) is 2.73. The summed E-state index contributed by atoms with van der Waals surface area (Å²) < 4.78 is 10.7. The highest BCUT2D eigenvalue weighted by atomic mass is 16.5. The van der Waals surface area contributed by atoms with E-state index in [0.29, 0.717) is 5.92 Å². The average molecular weight is 286 g/mol. The number of nitrogens with zero attached hydrogens (tertiary/aromatic N) is 1. The van der Waals surface area contributed by atoms with Gasteiger partial charge in [0, 0.05) is 18.1 Å². The number of hydrogen-bond donors (Lipinski definition) is 1. The molecule has 0 radical (unpaired) electrons. The Morgan fingerprint density at radius 3 is 2.62 bits per heavy atom. The van der Waals surface area contributed by atoms with E-state index in [-0.39, 0.29) is 0 Å². The van der Waals surface area contributed by atoms with Crippen molar-refractivity contribution in [3.05, 3.63) is 24.4 Å². The zero-order valence-electron chi connectivity index (χ0n) is 12.8. The Balaban J connectivity index is 1.90. The molecule has 0 aliphatic heterocycles. The minimum atomic E-state index is 0.696. The average Bonchev–Trinajstić information content (AvgIpc) is 3.35. The highest BCUT2D eigenvalue weighted by molar-refractivity contribution is 5.94. The number of fused-ring (bicyclic) bond motifs is 1. The van der Waals surface area contributed by atoms with Gasteiger partial charge >= 0.3 is 0 Å². The Labute approximate surface area is 125 Å². The molecule has 1 fully saturated rings. The second kappa shape index (κ2) is 5.80. The second-order valence-corrected chi connectivity index (χ2v) is 5.78. The Hall–Kier alpha value is -1.97. The van der Waals surface area contributed by atoms with Crippen LogP contribution in [0, 0.1) is 11.8 Å². The molecule has 1 unspecified atom stereocenters. The molecule has 1 aromatic heterocycles. The minimum Gasteiger partial charge on any atom is -0.493 e. The van der Waals surface area contributed by atoms with Gasteiger partial charge in [0.15, 0.2) is 11.5 Å². The summed E-state index contributed by atoms with van der Waals surface area (Å²) in [5, 5.41) is 5.66. The molecule has 3 rings (SSSR count). The third-order valence-corrected chi connectivity index (χ3v) is 4.29. The van der Waals surface area contributed by atoms with Gasteiger partial charge in [-0.1, -0.05) is 6.92 Å². The molecule has 4 heteroatoms. The minimum absolute atomic E-state index is 0.696. The number of methoxy groups -OCH3 is 2. The lowest BCUT2D eigenvalue weighted by Gasteiger charge is -2.15. The van der Waals surface area contributed by atoms with Crippen LogP contribution in [0.15, 0.2) is 24.4 Å². The predicted octanol–water partition coefficient (Wildman–Crippen LogP) is 3.71. The van der Waals surface area contributed by atoms with E-state index in [9.17, 15) is 0 Å². The third-order valence-electron chi connectivity index (χ3n) is 4.29. The van der Waals surface area contributed by atoms with Gasteiger partial charge in [0.05, 0.1) is 14.2 Å². The summed E-state index contributed by atoms with van der Waals surface area (Å²) >= 11 is 0. The van der Waals surface area contributed by atoms with Gasteiger partial charge in [0.1, 0.15) is 5.82 Å². The van der Waals surface area contributed by atoms with Gasteiger partial charge in [-0.05, 0) is 48.3 Å². The summed E-state index contributed by atoms with van der Waals surface area (Å²) in [7, 11) is 3.31. The van der Waals surface area contributed by atoms with Gasteiger partial charge in [0.25, 0.3) is 0 Å². The van der Waals surface area contributed by atoms with Crippen molar-refractivity contribution in [2.75, 3.05) is 26.1 Å². The molecule has 1 aromatic carbocycles. The molecule has 0 spiro atoms. The first-order chi connectivity index (χ1) is 10.2. The van der Waals surface area contributed by atoms with E-state index < -0.39 is 0 Å². The first-order valence-electron chi connectivity index (χ1n) is 7.47. The summed E-state index contributed by atoms with van der Waals surface area (Å²) in [5.74, 6) is 3.98. The van der Waals surface area contributed by atoms with Crippen LogP contribution in [0.1, 0.15) is 19.8 Å². The van der Waals surface area contributed by atoms with E-state index in [4.69, 9.17) is 9.47 Å². The highest BCUT2D eigenvalue weighted by Gasteiger charge is 2.27. The molecule has 1 aliphatic carbocycles. The quantitative estimate of drug-likeness (QED) is 0.879. The maximum absolute atomic E-state index is 5.39. The molecule has 1 heterocycles. The SMILES string of the molecule is COc1cc2ccnc(NCC(C)C3CC3)c2cc1OC. The van der Waals surface area contributed by atoms with Gasteiger partial charge in [-0.2, -0.15) is 0 Å². The van der Waals surface area contributed by atoms with Crippen molar-refractivity contribution in [3.63, 3.8) is 0 Å². The number of nitrogens with one attached hydrogen (secondary N) is 1. The van der Waals surface area contributed by atoms with Crippen LogP contribution in [-0.4, -0.2) is 25.7 Å². The standard InChI is InChI=1S/C17H22N2O2/c1-11(12-4-5-12)10-19-17-14-9-16(21-3)15(20-2)8-13(14)6-7-18-17/h6-9,11-12H,4-5,10H2,1-3H3,(H,18,19). The molecule has 0 bridgehead atoms. The molecule has 112 valence electrons. The van der Waals surface area contributed by atoms with Gasteiger partial charge < -0.3 is 14.8 Å². The van der Waals surface area contributed by atoms with Crippen LogP contribution < -0.4 is 14.8 Å². The molecule has 0 amide bonds. The molecule has 2 aromatic rings. The molecule has 0 saturated heterocycles. The topological polar surface area (TPSA) is 43.4 Å². The molecule has 21 heavy (non-hydrogen) atoms. The van der Waals surface area contributed by atoms with Crippen LogP contribution in [0.25, 0.3) is 10.8 Å². The number of pyridine rings is 1. The summed E-state index contributed by atoms with van der Waals surface area (Å²) in [4.78, 5) is 4.48. The number of aromatic nitrogens is 1. The maximum Gasteiger partial charge on any atom is 0.161 e. The van der Waals surface area contributed by atoms with E-state index in [1.54, 1.807) is 14.2 Å². The number of rotatable bonds is 6. The first-order valence-corrected chi connectivity index (χ1v) is 7.47. The van der Waals surface area contributed by atoms with E-state index in [2.05, 4.69) is 17.2 Å². The Morgan fingerprint density at radius 2 is 1.95 bits per heavy atom. The van der Waals surface area contributed by atoms with Gasteiger partial charge in [-0.3, -0.25) is 0 Å². The van der Waals surface area contributed by atoms with Crippen LogP contribution in [0.3, 0.4) is 0 Å². The lowest BCUT2D eigenvalue weighted by molar-refractivity contribution is 0.356. The van der Waals surface area contributed by atoms with Crippen molar-refractivity contribution in [1.82, 2.24) is 4.98 Å². The lowest BCUT2D eigenvalue weighted by atomic mass is 10.1. The molecule has 1 saturated carbocycles. The molecule has 1 N–H and O–H groups in total. The zero-order chi connectivity index (χ0) is 14.8. The lowest BCUT2D eigenvalue weighted by Crippen LogP contribution is -2.13. The van der Waals surface area contributed by atoms with Crippen molar-refractivity contribution >= 4 is 16.6 Å². The van der Waals surface area contributed by atoms with Crippen LogP contribution in [0.4, 0.5) is 5.82 Å². The van der Waals surface area contributed by atoms with Crippen molar-refractivity contribution in [1.29, 1.82) is 0 Å². The number of hydrogen-bond acceptors (Lipinski definition) is 4. The normalized spacial score (nSPS) is 15.8. The van der Waals surface area contributed by atoms with Crippen LogP contribution in [0.2, 0.25) is 0 Å². The summed E-state index contributed by atoms with van der Waals surface area (Å²) in [5.41, 5.74) is 0.